The zero-order chi connectivity index (χ0) is 26.1. The van der Waals surface area contributed by atoms with Gasteiger partial charge in [-0.1, -0.05) is 12.6 Å². The van der Waals surface area contributed by atoms with Gasteiger partial charge in [0, 0.05) is 43.5 Å². The minimum atomic E-state index is -0.292. The summed E-state index contributed by atoms with van der Waals surface area (Å²) >= 11 is 0. The summed E-state index contributed by atoms with van der Waals surface area (Å²) in [4.78, 5) is 35.3. The maximum Gasteiger partial charge on any atom is 0.256 e. The highest BCUT2D eigenvalue weighted by Gasteiger charge is 2.20. The third-order valence-corrected chi connectivity index (χ3v) is 6.32. The molecule has 3 aromatic heterocycles. The molecular formula is C25H29N11O. The van der Waals surface area contributed by atoms with Crippen LogP contribution in [0.5, 0.6) is 0 Å². The van der Waals surface area contributed by atoms with Crippen LogP contribution in [0.3, 0.4) is 0 Å². The molecule has 0 bridgehead atoms. The van der Waals surface area contributed by atoms with Crippen LogP contribution in [0.25, 0.3) is 16.6 Å². The van der Waals surface area contributed by atoms with E-state index in [9.17, 15) is 4.79 Å². The molecule has 0 atom stereocenters. The lowest BCUT2D eigenvalue weighted by Crippen LogP contribution is -2.45. The van der Waals surface area contributed by atoms with Gasteiger partial charge in [0.15, 0.2) is 17.5 Å². The summed E-state index contributed by atoms with van der Waals surface area (Å²) in [7, 11) is 2.09. The molecule has 190 valence electrons. The number of rotatable bonds is 6. The van der Waals surface area contributed by atoms with Gasteiger partial charge in [-0.3, -0.25) is 9.89 Å². The first kappa shape index (κ1) is 24.1. The number of aromatic amines is 1. The van der Waals surface area contributed by atoms with Crippen LogP contribution < -0.4 is 21.3 Å². The van der Waals surface area contributed by atoms with Crippen LogP contribution in [-0.2, 0) is 0 Å². The van der Waals surface area contributed by atoms with Gasteiger partial charge in [0.1, 0.15) is 17.4 Å². The molecule has 5 N–H and O–H groups in total. The lowest BCUT2D eigenvalue weighted by atomic mass is 10.1. The Kier molecular flexibility index (Phi) is 6.40. The quantitative estimate of drug-likeness (QED) is 0.311. The molecule has 5 rings (SSSR count). The molecule has 1 fully saturated rings. The second-order valence-electron chi connectivity index (χ2n) is 9.17. The molecule has 0 saturated carbocycles. The van der Waals surface area contributed by atoms with Crippen LogP contribution in [0.1, 0.15) is 28.5 Å². The predicted molar refractivity (Wildman–Crippen MR) is 145 cm³/mol. The summed E-state index contributed by atoms with van der Waals surface area (Å²) in [5.41, 5.74) is 10.9. The Morgan fingerprint density at radius 1 is 1.11 bits per heavy atom. The number of hydrogen-bond donors (Lipinski definition) is 4. The Balaban J connectivity index is 1.43. The number of piperazine rings is 1. The highest BCUT2D eigenvalue weighted by Crippen LogP contribution is 2.28. The lowest BCUT2D eigenvalue weighted by Gasteiger charge is -2.32. The highest BCUT2D eigenvalue weighted by molar-refractivity contribution is 6.05. The van der Waals surface area contributed by atoms with Gasteiger partial charge in [0.05, 0.1) is 5.69 Å². The minimum Gasteiger partial charge on any atom is -0.382 e. The number of aromatic nitrogens is 6. The number of aryl methyl sites for hydroxylation is 1. The summed E-state index contributed by atoms with van der Waals surface area (Å²) in [6, 6.07) is 7.12. The van der Waals surface area contributed by atoms with E-state index in [-0.39, 0.29) is 5.91 Å². The van der Waals surface area contributed by atoms with Crippen LogP contribution in [-0.4, -0.2) is 74.2 Å². The highest BCUT2D eigenvalue weighted by atomic mass is 16.1. The smallest absolute Gasteiger partial charge is 0.256 e. The van der Waals surface area contributed by atoms with Crippen molar-refractivity contribution in [3.8, 4) is 0 Å². The molecule has 1 saturated heterocycles. The molecular weight excluding hydrogens is 470 g/mol. The van der Waals surface area contributed by atoms with E-state index < -0.39 is 0 Å². The minimum absolute atomic E-state index is 0.292. The van der Waals surface area contributed by atoms with Crippen molar-refractivity contribution >= 4 is 51.6 Å². The van der Waals surface area contributed by atoms with E-state index in [1.54, 1.807) is 18.2 Å². The fraction of sp³-hybridized carbons (Fsp3) is 0.280. The number of nitrogens with one attached hydrogen (secondary N) is 3. The zero-order valence-electron chi connectivity index (χ0n) is 21.0. The van der Waals surface area contributed by atoms with Gasteiger partial charge >= 0.3 is 0 Å². The van der Waals surface area contributed by atoms with E-state index >= 15 is 0 Å². The van der Waals surface area contributed by atoms with Gasteiger partial charge in [-0.2, -0.15) is 10.1 Å². The Bertz CT molecular complexity index is 1490. The standard InChI is InChI=1S/C25H29N11O/c1-14(2)17-12-19(34-33-17)30-24(37)16-6-5-15(3)18(11-16)29-23-21-20(27-13-28-23)22(26)32-25(31-21)36-9-7-35(4)8-10-36/h5-6,11-13H,1,7-10H2,2-4H3,(H2,26,31,32)(H,27,28,29)(H2,30,33,34,37). The number of benzene rings is 1. The molecule has 4 aromatic rings. The van der Waals surface area contributed by atoms with Crippen molar-refractivity contribution in [2.45, 2.75) is 13.8 Å². The Morgan fingerprint density at radius 3 is 2.62 bits per heavy atom. The number of carbonyl (C=O) groups is 1. The Morgan fingerprint density at radius 2 is 1.89 bits per heavy atom. The molecule has 4 heterocycles. The first-order valence-electron chi connectivity index (χ1n) is 11.9. The Labute approximate surface area is 214 Å². The van der Waals surface area contributed by atoms with Crippen molar-refractivity contribution in [3.05, 3.63) is 54.0 Å². The molecule has 12 nitrogen and oxygen atoms in total. The summed E-state index contributed by atoms with van der Waals surface area (Å²) in [5, 5.41) is 13.1. The number of anilines is 5. The molecule has 0 spiro atoms. The fourth-order valence-corrected chi connectivity index (χ4v) is 4.02. The molecule has 0 aliphatic carbocycles. The van der Waals surface area contributed by atoms with E-state index in [0.717, 1.165) is 43.0 Å². The van der Waals surface area contributed by atoms with Crippen LogP contribution >= 0.6 is 0 Å². The predicted octanol–water partition coefficient (Wildman–Crippen LogP) is 2.81. The molecule has 12 heteroatoms. The maximum absolute atomic E-state index is 12.9. The van der Waals surface area contributed by atoms with E-state index in [1.807, 2.05) is 19.9 Å². The van der Waals surface area contributed by atoms with Gasteiger partial charge in [-0.05, 0) is 44.2 Å². The lowest BCUT2D eigenvalue weighted by molar-refractivity contribution is 0.102. The number of carbonyl (C=O) groups excluding carboxylic acids is 1. The van der Waals surface area contributed by atoms with E-state index in [2.05, 4.69) is 59.2 Å². The molecule has 1 aliphatic rings. The Hall–Kier alpha value is -4.58. The SMILES string of the molecule is C=C(C)c1cc(NC(=O)c2ccc(C)c(Nc3ncnc4c(N)nc(N5CCN(C)CC5)nc34)c2)n[nH]1. The number of nitrogens with zero attached hydrogens (tertiary/aromatic N) is 7. The molecule has 0 unspecified atom stereocenters. The van der Waals surface area contributed by atoms with Gasteiger partial charge < -0.3 is 26.2 Å². The van der Waals surface area contributed by atoms with Crippen molar-refractivity contribution in [1.82, 2.24) is 35.0 Å². The summed E-state index contributed by atoms with van der Waals surface area (Å²) in [5.74, 6) is 1.45. The third kappa shape index (κ3) is 5.05. The molecule has 0 radical (unpaired) electrons. The van der Waals surface area contributed by atoms with Crippen molar-refractivity contribution in [2.75, 3.05) is 54.5 Å². The summed E-state index contributed by atoms with van der Waals surface area (Å²) < 4.78 is 0. The molecule has 1 aliphatic heterocycles. The van der Waals surface area contributed by atoms with Gasteiger partial charge in [0.25, 0.3) is 5.91 Å². The first-order chi connectivity index (χ1) is 17.8. The number of amides is 1. The van der Waals surface area contributed by atoms with Gasteiger partial charge in [0.2, 0.25) is 5.95 Å². The topological polar surface area (TPSA) is 154 Å². The van der Waals surface area contributed by atoms with Crippen molar-refractivity contribution < 1.29 is 4.79 Å². The summed E-state index contributed by atoms with van der Waals surface area (Å²) in [6.07, 6.45) is 1.42. The first-order valence-corrected chi connectivity index (χ1v) is 11.9. The largest absolute Gasteiger partial charge is 0.382 e. The number of nitrogen functional groups attached to an aromatic ring is 1. The zero-order valence-corrected chi connectivity index (χ0v) is 21.0. The van der Waals surface area contributed by atoms with E-state index in [4.69, 9.17) is 10.7 Å². The second-order valence-corrected chi connectivity index (χ2v) is 9.17. The summed E-state index contributed by atoms with van der Waals surface area (Å²) in [6.45, 7) is 11.1. The number of H-pyrrole nitrogens is 1. The van der Waals surface area contributed by atoms with Crippen molar-refractivity contribution in [1.29, 1.82) is 0 Å². The van der Waals surface area contributed by atoms with Crippen LogP contribution in [0.2, 0.25) is 0 Å². The number of fused-ring (bicyclic) bond motifs is 1. The average molecular weight is 500 g/mol. The number of allylic oxidation sites excluding steroid dienone is 1. The van der Waals surface area contributed by atoms with Crippen LogP contribution in [0.15, 0.2) is 37.2 Å². The second kappa shape index (κ2) is 9.82. The third-order valence-electron chi connectivity index (χ3n) is 6.32. The van der Waals surface area contributed by atoms with E-state index in [0.29, 0.717) is 45.7 Å². The van der Waals surface area contributed by atoms with Crippen molar-refractivity contribution in [3.63, 3.8) is 0 Å². The fourth-order valence-electron chi connectivity index (χ4n) is 4.02. The van der Waals surface area contributed by atoms with Crippen LogP contribution in [0, 0.1) is 6.92 Å². The molecule has 1 amide bonds. The number of likely N-dealkylation sites (N-methyl/N-ethyl adjacent to an activating group) is 1. The van der Waals surface area contributed by atoms with Gasteiger partial charge in [-0.15, -0.1) is 0 Å². The number of hydrogen-bond acceptors (Lipinski definition) is 10. The normalized spacial score (nSPS) is 14.1. The molecule has 37 heavy (non-hydrogen) atoms. The average Bonchev–Trinajstić information content (AvgIpc) is 3.35. The van der Waals surface area contributed by atoms with Crippen molar-refractivity contribution in [2.24, 2.45) is 0 Å². The van der Waals surface area contributed by atoms with E-state index in [1.165, 1.54) is 6.33 Å². The monoisotopic (exact) mass is 499 g/mol. The maximum atomic E-state index is 12.9. The number of nitrogens with two attached hydrogens (primary N) is 1. The molecule has 1 aromatic carbocycles. The van der Waals surface area contributed by atoms with Gasteiger partial charge in [-0.25, -0.2) is 15.0 Å². The van der Waals surface area contributed by atoms with Crippen LogP contribution in [0.4, 0.5) is 29.1 Å².